The van der Waals surface area contributed by atoms with Crippen molar-refractivity contribution < 1.29 is 19.1 Å². The number of anilines is 1. The van der Waals surface area contributed by atoms with E-state index in [0.717, 1.165) is 5.39 Å². The van der Waals surface area contributed by atoms with Gasteiger partial charge in [-0.2, -0.15) is 0 Å². The van der Waals surface area contributed by atoms with Crippen molar-refractivity contribution in [1.29, 1.82) is 0 Å². The van der Waals surface area contributed by atoms with Crippen molar-refractivity contribution in [2.45, 2.75) is 19.4 Å². The van der Waals surface area contributed by atoms with Crippen LogP contribution in [-0.2, 0) is 9.59 Å². The van der Waals surface area contributed by atoms with Gasteiger partial charge in [0.05, 0.1) is 11.2 Å². The van der Waals surface area contributed by atoms with Gasteiger partial charge in [-0.05, 0) is 31.2 Å². The number of ether oxygens (including phenoxy) is 1. The van der Waals surface area contributed by atoms with E-state index in [-0.39, 0.29) is 24.6 Å². The number of aromatic nitrogens is 1. The van der Waals surface area contributed by atoms with E-state index >= 15 is 0 Å². The third-order valence-electron chi connectivity index (χ3n) is 4.78. The van der Waals surface area contributed by atoms with Gasteiger partial charge < -0.3 is 9.64 Å². The van der Waals surface area contributed by atoms with Gasteiger partial charge >= 0.3 is 0 Å². The molecule has 4 rings (SSSR count). The number of para-hydroxylation sites is 3. The number of nitrogens with one attached hydrogen (secondary N) is 2. The molecule has 2 aromatic carbocycles. The Morgan fingerprint density at radius 3 is 2.67 bits per heavy atom. The molecule has 8 nitrogen and oxygen atoms in total. The first kappa shape index (κ1) is 19.4. The Morgan fingerprint density at radius 2 is 1.80 bits per heavy atom. The lowest BCUT2D eigenvalue weighted by Crippen LogP contribution is -2.47. The minimum atomic E-state index is -0.623. The zero-order valence-electron chi connectivity index (χ0n) is 16.3. The maximum absolute atomic E-state index is 12.5. The van der Waals surface area contributed by atoms with E-state index in [4.69, 9.17) is 4.74 Å². The van der Waals surface area contributed by atoms with Gasteiger partial charge in [-0.1, -0.05) is 36.4 Å². The van der Waals surface area contributed by atoms with Gasteiger partial charge in [-0.3, -0.25) is 25.2 Å². The highest BCUT2D eigenvalue weighted by Crippen LogP contribution is 2.33. The zero-order chi connectivity index (χ0) is 21.1. The molecule has 0 radical (unpaired) electrons. The number of rotatable bonds is 4. The number of hydrazine groups is 1. The summed E-state index contributed by atoms with van der Waals surface area (Å²) in [5, 5.41) is 0.919. The molecule has 2 heterocycles. The average Bonchev–Trinajstić information content (AvgIpc) is 2.77. The fourth-order valence-electron chi connectivity index (χ4n) is 3.25. The van der Waals surface area contributed by atoms with Gasteiger partial charge in [-0.25, -0.2) is 4.98 Å². The Balaban J connectivity index is 1.34. The Morgan fingerprint density at radius 1 is 1.03 bits per heavy atom. The molecule has 8 heteroatoms. The summed E-state index contributed by atoms with van der Waals surface area (Å²) >= 11 is 0. The molecule has 0 aliphatic carbocycles. The number of benzene rings is 2. The second-order valence-corrected chi connectivity index (χ2v) is 6.86. The van der Waals surface area contributed by atoms with Crippen LogP contribution in [0.15, 0.2) is 60.7 Å². The van der Waals surface area contributed by atoms with Crippen molar-refractivity contribution in [1.82, 2.24) is 15.8 Å². The monoisotopic (exact) mass is 404 g/mol. The standard InChI is InChI=1S/C22H20N4O4/c1-14-22(29)26(18-8-4-5-9-19(18)30-14)13-12-20(27)24-25-21(28)17-11-10-15-6-2-3-7-16(15)23-17/h2-11,14H,12-13H2,1H3,(H,24,27)(H,25,28). The summed E-state index contributed by atoms with van der Waals surface area (Å²) in [6, 6.07) is 18.0. The normalized spacial score (nSPS) is 15.3. The molecule has 30 heavy (non-hydrogen) atoms. The Bertz CT molecular complexity index is 1130. The van der Waals surface area contributed by atoms with Crippen LogP contribution < -0.4 is 20.5 Å². The van der Waals surface area contributed by atoms with Gasteiger partial charge in [-0.15, -0.1) is 0 Å². The van der Waals surface area contributed by atoms with Gasteiger partial charge in [0.2, 0.25) is 5.91 Å². The SMILES string of the molecule is CC1Oc2ccccc2N(CCC(=O)NNC(=O)c2ccc3ccccc3n2)C1=O. The first-order valence-corrected chi connectivity index (χ1v) is 9.55. The van der Waals surface area contributed by atoms with Crippen LogP contribution in [0, 0.1) is 0 Å². The van der Waals surface area contributed by atoms with Crippen LogP contribution in [0.25, 0.3) is 10.9 Å². The van der Waals surface area contributed by atoms with Gasteiger partial charge in [0.15, 0.2) is 6.10 Å². The number of pyridine rings is 1. The molecule has 1 unspecified atom stereocenters. The van der Waals surface area contributed by atoms with Gasteiger partial charge in [0, 0.05) is 18.4 Å². The molecule has 1 atom stereocenters. The summed E-state index contributed by atoms with van der Waals surface area (Å²) in [5.41, 5.74) is 6.24. The van der Waals surface area contributed by atoms with Crippen molar-refractivity contribution in [3.63, 3.8) is 0 Å². The Labute approximate surface area is 172 Å². The number of nitrogens with zero attached hydrogens (tertiary/aromatic N) is 2. The van der Waals surface area contributed by atoms with Crippen LogP contribution in [0.2, 0.25) is 0 Å². The highest BCUT2D eigenvalue weighted by Gasteiger charge is 2.31. The van der Waals surface area contributed by atoms with E-state index in [1.54, 1.807) is 37.3 Å². The largest absolute Gasteiger partial charge is 0.479 e. The first-order chi connectivity index (χ1) is 14.5. The predicted molar refractivity (Wildman–Crippen MR) is 111 cm³/mol. The quantitative estimate of drug-likeness (QED) is 0.650. The lowest BCUT2D eigenvalue weighted by molar-refractivity contribution is -0.125. The van der Waals surface area contributed by atoms with E-state index < -0.39 is 17.9 Å². The summed E-state index contributed by atoms with van der Waals surface area (Å²) in [6.07, 6.45) is -0.611. The van der Waals surface area contributed by atoms with Crippen molar-refractivity contribution in [3.8, 4) is 5.75 Å². The molecule has 0 bridgehead atoms. The van der Waals surface area contributed by atoms with Crippen molar-refractivity contribution >= 4 is 34.3 Å². The van der Waals surface area contributed by atoms with E-state index in [1.807, 2.05) is 30.3 Å². The molecule has 1 aliphatic heterocycles. The molecule has 152 valence electrons. The molecule has 2 N–H and O–H groups in total. The number of hydrogen-bond acceptors (Lipinski definition) is 5. The third-order valence-corrected chi connectivity index (χ3v) is 4.78. The molecule has 1 aliphatic rings. The molecule has 3 amide bonds. The number of amides is 3. The maximum Gasteiger partial charge on any atom is 0.288 e. The molecular formula is C22H20N4O4. The molecular weight excluding hydrogens is 384 g/mol. The molecule has 1 aromatic heterocycles. The average molecular weight is 404 g/mol. The topological polar surface area (TPSA) is 101 Å². The molecule has 0 saturated carbocycles. The van der Waals surface area contributed by atoms with Crippen molar-refractivity contribution in [2.24, 2.45) is 0 Å². The number of carbonyl (C=O) groups excluding carboxylic acids is 3. The van der Waals surface area contributed by atoms with Crippen molar-refractivity contribution in [3.05, 3.63) is 66.4 Å². The fourth-order valence-corrected chi connectivity index (χ4v) is 3.25. The summed E-state index contributed by atoms with van der Waals surface area (Å²) in [7, 11) is 0. The molecule has 0 spiro atoms. The van der Waals surface area contributed by atoms with E-state index in [1.165, 1.54) is 4.90 Å². The second kappa shape index (κ2) is 8.20. The predicted octanol–water partition coefficient (Wildman–Crippen LogP) is 2.20. The van der Waals surface area contributed by atoms with Gasteiger partial charge in [0.25, 0.3) is 11.8 Å². The van der Waals surface area contributed by atoms with Crippen LogP contribution in [0.3, 0.4) is 0 Å². The first-order valence-electron chi connectivity index (χ1n) is 9.55. The smallest absolute Gasteiger partial charge is 0.288 e. The highest BCUT2D eigenvalue weighted by atomic mass is 16.5. The van der Waals surface area contributed by atoms with Gasteiger partial charge in [0.1, 0.15) is 11.4 Å². The fraction of sp³-hybridized carbons (Fsp3) is 0.182. The second-order valence-electron chi connectivity index (χ2n) is 6.86. The van der Waals surface area contributed by atoms with E-state index in [9.17, 15) is 14.4 Å². The molecule has 0 saturated heterocycles. The van der Waals surface area contributed by atoms with E-state index in [2.05, 4.69) is 15.8 Å². The third kappa shape index (κ3) is 3.93. The zero-order valence-corrected chi connectivity index (χ0v) is 16.3. The van der Waals surface area contributed by atoms with Crippen LogP contribution in [0.1, 0.15) is 23.8 Å². The van der Waals surface area contributed by atoms with Crippen LogP contribution in [-0.4, -0.2) is 35.4 Å². The summed E-state index contributed by atoms with van der Waals surface area (Å²) < 4.78 is 5.58. The maximum atomic E-state index is 12.5. The minimum Gasteiger partial charge on any atom is -0.479 e. The lowest BCUT2D eigenvalue weighted by atomic mass is 10.1. The summed E-state index contributed by atoms with van der Waals surface area (Å²) in [5.74, 6) is -0.560. The van der Waals surface area contributed by atoms with Crippen LogP contribution in [0.5, 0.6) is 5.75 Å². The highest BCUT2D eigenvalue weighted by molar-refractivity contribution is 6.00. The Hall–Kier alpha value is -3.94. The lowest BCUT2D eigenvalue weighted by Gasteiger charge is -2.32. The summed E-state index contributed by atoms with van der Waals surface area (Å²) in [4.78, 5) is 42.8. The number of hydrogen-bond donors (Lipinski definition) is 2. The summed E-state index contributed by atoms with van der Waals surface area (Å²) in [6.45, 7) is 1.83. The molecule has 0 fully saturated rings. The van der Waals surface area contributed by atoms with Crippen LogP contribution in [0.4, 0.5) is 5.69 Å². The number of carbonyl (C=O) groups is 3. The molecule has 3 aromatic rings. The van der Waals surface area contributed by atoms with Crippen molar-refractivity contribution in [2.75, 3.05) is 11.4 Å². The minimum absolute atomic E-state index is 0.0121. The van der Waals surface area contributed by atoms with E-state index in [0.29, 0.717) is 17.0 Å². The Kier molecular flexibility index (Phi) is 5.30. The number of fused-ring (bicyclic) bond motifs is 2. The van der Waals surface area contributed by atoms with Crippen LogP contribution >= 0.6 is 0 Å².